The fraction of sp³-hybridized carbons (Fsp3) is 0.194. The molecule has 0 radical (unpaired) electrons. The molecule has 0 aliphatic heterocycles. The highest BCUT2D eigenvalue weighted by Crippen LogP contribution is 2.33. The molecule has 0 unspecified atom stereocenters. The lowest BCUT2D eigenvalue weighted by Gasteiger charge is -2.27. The van der Waals surface area contributed by atoms with Gasteiger partial charge in [-0.15, -0.1) is 0 Å². The molecule has 1 aliphatic carbocycles. The van der Waals surface area contributed by atoms with Crippen LogP contribution in [0, 0.1) is 0 Å². The number of hydrogen-bond acceptors (Lipinski definition) is 5. The number of carbonyl (C=O) groups is 1. The molecule has 0 saturated carbocycles. The van der Waals surface area contributed by atoms with Crippen LogP contribution in [-0.4, -0.2) is 28.8 Å². The molecule has 0 amide bonds. The van der Waals surface area contributed by atoms with E-state index in [9.17, 15) is 15.0 Å². The van der Waals surface area contributed by atoms with Crippen LogP contribution >= 0.6 is 11.6 Å². The summed E-state index contributed by atoms with van der Waals surface area (Å²) in [5.74, 6) is 0.756. The fourth-order valence-corrected chi connectivity index (χ4v) is 4.86. The minimum absolute atomic E-state index is 0.0202. The van der Waals surface area contributed by atoms with Gasteiger partial charge in [-0.2, -0.15) is 0 Å². The number of fused-ring (bicyclic) bond motifs is 1. The second kappa shape index (κ2) is 11.7. The monoisotopic (exact) mass is 529 g/mol. The van der Waals surface area contributed by atoms with Gasteiger partial charge in [0.25, 0.3) is 0 Å². The van der Waals surface area contributed by atoms with Gasteiger partial charge >= 0.3 is 5.97 Å². The van der Waals surface area contributed by atoms with Crippen LogP contribution in [0.4, 0.5) is 0 Å². The van der Waals surface area contributed by atoms with Gasteiger partial charge < -0.3 is 25.0 Å². The van der Waals surface area contributed by atoms with Gasteiger partial charge in [0, 0.05) is 17.6 Å². The van der Waals surface area contributed by atoms with Gasteiger partial charge in [0.15, 0.2) is 0 Å². The van der Waals surface area contributed by atoms with E-state index < -0.39 is 12.1 Å². The van der Waals surface area contributed by atoms with E-state index in [1.807, 2.05) is 42.5 Å². The van der Waals surface area contributed by atoms with Crippen LogP contribution in [0.5, 0.6) is 23.0 Å². The van der Waals surface area contributed by atoms with Crippen LogP contribution in [0.25, 0.3) is 0 Å². The predicted octanol–water partition coefficient (Wildman–Crippen LogP) is 6.80. The van der Waals surface area contributed by atoms with E-state index in [1.165, 1.54) is 17.2 Å². The molecule has 6 nitrogen and oxygen atoms in total. The molecule has 2 atom stereocenters. The van der Waals surface area contributed by atoms with Gasteiger partial charge in [0.1, 0.15) is 28.6 Å². The first kappa shape index (κ1) is 25.8. The maximum absolute atomic E-state index is 11.9. The third-order valence-electron chi connectivity index (χ3n) is 6.63. The van der Waals surface area contributed by atoms with Crippen LogP contribution < -0.4 is 14.8 Å². The number of hydrogen-bond donors (Lipinski definition) is 3. The maximum Gasteiger partial charge on any atom is 0.339 e. The third kappa shape index (κ3) is 6.34. The summed E-state index contributed by atoms with van der Waals surface area (Å²) in [6.45, 7) is 0.436. The number of carboxylic acid groups (broad SMARTS) is 1. The number of benzene rings is 4. The van der Waals surface area contributed by atoms with Crippen molar-refractivity contribution in [2.45, 2.75) is 31.4 Å². The number of ether oxygens (including phenoxy) is 2. The lowest BCUT2D eigenvalue weighted by atomic mass is 9.88. The predicted molar refractivity (Wildman–Crippen MR) is 147 cm³/mol. The van der Waals surface area contributed by atoms with E-state index in [0.29, 0.717) is 28.8 Å². The Morgan fingerprint density at radius 3 is 2.47 bits per heavy atom. The Morgan fingerprint density at radius 2 is 1.68 bits per heavy atom. The number of aliphatic hydroxyl groups excluding tert-OH is 1. The van der Waals surface area contributed by atoms with E-state index in [1.54, 1.807) is 36.4 Å². The number of rotatable bonds is 9. The smallest absolute Gasteiger partial charge is 0.339 e. The summed E-state index contributed by atoms with van der Waals surface area (Å²) in [5, 5.41) is 24.4. The zero-order valence-corrected chi connectivity index (χ0v) is 21.4. The van der Waals surface area contributed by atoms with Crippen molar-refractivity contribution >= 4 is 17.6 Å². The molecule has 3 N–H and O–H groups in total. The Hall–Kier alpha value is -3.84. The lowest BCUT2D eigenvalue weighted by molar-refractivity contribution is 0.0693. The third-order valence-corrected chi connectivity index (χ3v) is 6.86. The van der Waals surface area contributed by atoms with Crippen molar-refractivity contribution in [3.8, 4) is 23.0 Å². The SMILES string of the molecule is O=C(O)c1cc(Oc2ccc3c(c2)C[C@@H](NC[C@H](O)c2cccc(Cl)c2)CC3)ccc1Oc1ccccc1. The molecule has 0 aromatic heterocycles. The van der Waals surface area contributed by atoms with Crippen molar-refractivity contribution in [1.29, 1.82) is 0 Å². The summed E-state index contributed by atoms with van der Waals surface area (Å²) in [4.78, 5) is 11.9. The van der Waals surface area contributed by atoms with Crippen molar-refractivity contribution in [3.05, 3.63) is 118 Å². The van der Waals surface area contributed by atoms with Crippen LogP contribution in [0.15, 0.2) is 91.0 Å². The number of nitrogens with one attached hydrogen (secondary N) is 1. The fourth-order valence-electron chi connectivity index (χ4n) is 4.66. The summed E-state index contributed by atoms with van der Waals surface area (Å²) in [6, 6.07) is 27.3. The summed E-state index contributed by atoms with van der Waals surface area (Å²) in [5.41, 5.74) is 3.25. The van der Waals surface area contributed by atoms with Gasteiger partial charge in [-0.3, -0.25) is 0 Å². The Labute approximate surface area is 226 Å². The molecule has 38 heavy (non-hydrogen) atoms. The number of halogens is 1. The lowest BCUT2D eigenvalue weighted by Crippen LogP contribution is -2.37. The first-order chi connectivity index (χ1) is 18.4. The molecule has 1 aliphatic rings. The van der Waals surface area contributed by atoms with E-state index in [4.69, 9.17) is 21.1 Å². The van der Waals surface area contributed by atoms with Crippen LogP contribution in [0.2, 0.25) is 5.02 Å². The minimum atomic E-state index is -1.10. The van der Waals surface area contributed by atoms with E-state index >= 15 is 0 Å². The Kier molecular flexibility index (Phi) is 7.94. The van der Waals surface area contributed by atoms with E-state index in [-0.39, 0.29) is 17.4 Å². The number of aliphatic hydroxyl groups is 1. The quantitative estimate of drug-likeness (QED) is 0.221. The molecule has 4 aromatic rings. The van der Waals surface area contributed by atoms with E-state index in [0.717, 1.165) is 24.8 Å². The summed E-state index contributed by atoms with van der Waals surface area (Å²) in [7, 11) is 0. The average Bonchev–Trinajstić information content (AvgIpc) is 2.93. The molecule has 0 fully saturated rings. The number of carboxylic acids is 1. The van der Waals surface area contributed by atoms with Gasteiger partial charge in [-0.25, -0.2) is 4.79 Å². The highest BCUT2D eigenvalue weighted by Gasteiger charge is 2.21. The Bertz CT molecular complexity index is 1430. The molecule has 5 rings (SSSR count). The van der Waals surface area contributed by atoms with Crippen LogP contribution in [0.1, 0.15) is 39.6 Å². The molecular weight excluding hydrogens is 502 g/mol. The topological polar surface area (TPSA) is 88.0 Å². The van der Waals surface area contributed by atoms with Gasteiger partial charge in [0.05, 0.1) is 6.10 Å². The molecule has 194 valence electrons. The molecule has 4 aromatic carbocycles. The van der Waals surface area contributed by atoms with Crippen molar-refractivity contribution in [2.75, 3.05) is 6.54 Å². The van der Waals surface area contributed by atoms with Crippen LogP contribution in [-0.2, 0) is 12.8 Å². The normalized spacial score (nSPS) is 15.4. The largest absolute Gasteiger partial charge is 0.478 e. The highest BCUT2D eigenvalue weighted by molar-refractivity contribution is 6.30. The second-order valence-corrected chi connectivity index (χ2v) is 9.77. The van der Waals surface area contributed by atoms with Crippen LogP contribution in [0.3, 0.4) is 0 Å². The van der Waals surface area contributed by atoms with E-state index in [2.05, 4.69) is 11.4 Å². The van der Waals surface area contributed by atoms with Crippen molar-refractivity contribution in [3.63, 3.8) is 0 Å². The number of para-hydroxylation sites is 1. The van der Waals surface area contributed by atoms with Gasteiger partial charge in [-0.05, 0) is 90.6 Å². The minimum Gasteiger partial charge on any atom is -0.478 e. The standard InChI is InChI=1S/C31H28ClNO5/c32-23-6-4-5-21(15-23)29(34)19-33-24-11-9-20-10-12-26(17-22(20)16-24)37-27-13-14-30(28(18-27)31(35)36)38-25-7-2-1-3-8-25/h1-8,10,12-15,17-18,24,29,33-34H,9,11,16,19H2,(H,35,36)/t24-,29-/m0/s1. The average molecular weight is 530 g/mol. The highest BCUT2D eigenvalue weighted by atomic mass is 35.5. The Balaban J connectivity index is 1.25. The maximum atomic E-state index is 11.9. The molecule has 7 heteroatoms. The zero-order valence-electron chi connectivity index (χ0n) is 20.6. The Morgan fingerprint density at radius 1 is 0.895 bits per heavy atom. The molecular formula is C31H28ClNO5. The second-order valence-electron chi connectivity index (χ2n) is 9.33. The molecule has 0 bridgehead atoms. The first-order valence-electron chi connectivity index (χ1n) is 12.5. The molecule has 0 saturated heterocycles. The summed E-state index contributed by atoms with van der Waals surface area (Å²) < 4.78 is 11.8. The van der Waals surface area contributed by atoms with Crippen molar-refractivity contribution in [1.82, 2.24) is 5.32 Å². The van der Waals surface area contributed by atoms with Gasteiger partial charge in [-0.1, -0.05) is 48.0 Å². The molecule has 0 spiro atoms. The van der Waals surface area contributed by atoms with Gasteiger partial charge in [0.2, 0.25) is 0 Å². The number of aromatic carboxylic acids is 1. The zero-order chi connectivity index (χ0) is 26.5. The number of aryl methyl sites for hydroxylation is 1. The first-order valence-corrected chi connectivity index (χ1v) is 12.9. The van der Waals surface area contributed by atoms with Crippen molar-refractivity contribution < 1.29 is 24.5 Å². The molecule has 0 heterocycles. The summed E-state index contributed by atoms with van der Waals surface area (Å²) >= 11 is 6.05. The van der Waals surface area contributed by atoms with Crippen molar-refractivity contribution in [2.24, 2.45) is 0 Å². The summed E-state index contributed by atoms with van der Waals surface area (Å²) in [6.07, 6.45) is 2.07.